The predicted octanol–water partition coefficient (Wildman–Crippen LogP) is 4.48. The second kappa shape index (κ2) is 14.3. The molecule has 5 aliphatic rings. The molecule has 1 aliphatic carbocycles. The molecule has 4 aliphatic heterocycles. The van der Waals surface area contributed by atoms with Gasteiger partial charge in [0.1, 0.15) is 12.1 Å². The maximum atomic E-state index is 15.0. The van der Waals surface area contributed by atoms with E-state index in [1.54, 1.807) is 0 Å². The van der Waals surface area contributed by atoms with Crippen LogP contribution in [0.3, 0.4) is 0 Å². The molecule has 10 heteroatoms. The van der Waals surface area contributed by atoms with E-state index in [0.29, 0.717) is 50.1 Å². The molecule has 0 aromatic heterocycles. The number of amides is 3. The van der Waals surface area contributed by atoms with E-state index in [-0.39, 0.29) is 47.2 Å². The van der Waals surface area contributed by atoms with Crippen LogP contribution in [0.1, 0.15) is 84.1 Å². The van der Waals surface area contributed by atoms with E-state index in [1.165, 1.54) is 0 Å². The number of ether oxygens (including phenoxy) is 1. The summed E-state index contributed by atoms with van der Waals surface area (Å²) in [5.74, 6) is 0.470. The summed E-state index contributed by atoms with van der Waals surface area (Å²) >= 11 is 6.28. The first-order valence-corrected chi connectivity index (χ1v) is 18.5. The number of nitrogens with zero attached hydrogens (tertiary/aromatic N) is 5. The summed E-state index contributed by atoms with van der Waals surface area (Å²) in [6, 6.07) is 7.24. The van der Waals surface area contributed by atoms with Gasteiger partial charge in [-0.3, -0.25) is 19.3 Å². The Morgan fingerprint density at radius 1 is 0.872 bits per heavy atom. The molecule has 0 N–H and O–H groups in total. The third-order valence-corrected chi connectivity index (χ3v) is 12.0. The zero-order valence-corrected chi connectivity index (χ0v) is 30.0. The minimum absolute atomic E-state index is 0.0121. The molecule has 47 heavy (non-hydrogen) atoms. The smallest absolute Gasteiger partial charge is 0.252 e. The van der Waals surface area contributed by atoms with Gasteiger partial charge in [-0.1, -0.05) is 30.7 Å². The number of benzene rings is 1. The lowest BCUT2D eigenvalue weighted by Crippen LogP contribution is -2.54. The van der Waals surface area contributed by atoms with Crippen LogP contribution in [0.4, 0.5) is 0 Å². The SMILES string of the molecule is CC1CCC(N(C(=O)C2CCCO2)[C@H]2C[C@H](C(=O)N3CCN(C)CC3)N(C(=O)[C@@H]3CN(C(C)(C)C)C[C@H]3c3ccc(Cl)cc3)C2)CC1. The Hall–Kier alpha value is -2.20. The number of halogens is 1. The van der Waals surface area contributed by atoms with Gasteiger partial charge in [-0.15, -0.1) is 0 Å². The van der Waals surface area contributed by atoms with Crippen molar-refractivity contribution in [3.8, 4) is 0 Å². The summed E-state index contributed by atoms with van der Waals surface area (Å²) < 4.78 is 5.95. The van der Waals surface area contributed by atoms with Crippen molar-refractivity contribution in [2.24, 2.45) is 11.8 Å². The lowest BCUT2D eigenvalue weighted by atomic mass is 9.85. The number of hydrogen-bond acceptors (Lipinski definition) is 6. The zero-order chi connectivity index (χ0) is 33.5. The highest BCUT2D eigenvalue weighted by atomic mass is 35.5. The molecule has 5 atom stereocenters. The number of carbonyl (C=O) groups excluding carboxylic acids is 3. The number of piperazine rings is 1. The van der Waals surface area contributed by atoms with E-state index in [4.69, 9.17) is 16.3 Å². The Morgan fingerprint density at radius 3 is 2.17 bits per heavy atom. The van der Waals surface area contributed by atoms with E-state index in [9.17, 15) is 9.59 Å². The summed E-state index contributed by atoms with van der Waals surface area (Å²) in [5.41, 5.74) is 0.994. The molecule has 1 aromatic carbocycles. The molecule has 0 bridgehead atoms. The average Bonchev–Trinajstić information content (AvgIpc) is 3.83. The summed E-state index contributed by atoms with van der Waals surface area (Å²) in [5, 5.41) is 0.677. The highest BCUT2D eigenvalue weighted by molar-refractivity contribution is 6.30. The fourth-order valence-electron chi connectivity index (χ4n) is 8.71. The van der Waals surface area contributed by atoms with Gasteiger partial charge in [-0.05, 0) is 96.4 Å². The molecule has 3 amide bonds. The van der Waals surface area contributed by atoms with Gasteiger partial charge < -0.3 is 24.3 Å². The molecule has 1 saturated carbocycles. The van der Waals surface area contributed by atoms with Crippen molar-refractivity contribution in [1.29, 1.82) is 0 Å². The third kappa shape index (κ3) is 7.53. The monoisotopic (exact) mass is 669 g/mol. The largest absolute Gasteiger partial charge is 0.368 e. The van der Waals surface area contributed by atoms with Crippen LogP contribution in [-0.4, -0.2) is 131 Å². The first-order chi connectivity index (χ1) is 22.4. The highest BCUT2D eigenvalue weighted by Gasteiger charge is 2.51. The second-order valence-corrected chi connectivity index (χ2v) is 16.5. The fourth-order valence-corrected chi connectivity index (χ4v) is 8.84. The van der Waals surface area contributed by atoms with Crippen LogP contribution in [0.15, 0.2) is 24.3 Å². The Bertz CT molecular complexity index is 1260. The Balaban J connectivity index is 1.32. The topological polar surface area (TPSA) is 76.6 Å². The van der Waals surface area contributed by atoms with E-state index in [2.05, 4.69) is 49.4 Å². The van der Waals surface area contributed by atoms with Crippen molar-refractivity contribution >= 4 is 29.3 Å². The fraction of sp³-hybridized carbons (Fsp3) is 0.757. The van der Waals surface area contributed by atoms with Gasteiger partial charge in [0.2, 0.25) is 11.8 Å². The molecule has 1 unspecified atom stereocenters. The molecule has 0 spiro atoms. The Kier molecular flexibility index (Phi) is 10.6. The molecule has 1 aromatic rings. The van der Waals surface area contributed by atoms with Crippen molar-refractivity contribution in [3.63, 3.8) is 0 Å². The van der Waals surface area contributed by atoms with Gasteiger partial charge in [0.15, 0.2) is 0 Å². The maximum Gasteiger partial charge on any atom is 0.252 e. The minimum Gasteiger partial charge on any atom is -0.368 e. The Labute approximate surface area is 286 Å². The summed E-state index contributed by atoms with van der Waals surface area (Å²) in [7, 11) is 2.08. The van der Waals surface area contributed by atoms with Crippen molar-refractivity contribution in [2.75, 3.05) is 59.5 Å². The molecule has 4 heterocycles. The molecule has 9 nitrogen and oxygen atoms in total. The molecular formula is C37H56ClN5O4. The normalized spacial score (nSPS) is 32.6. The molecule has 0 radical (unpaired) electrons. The van der Waals surface area contributed by atoms with Crippen molar-refractivity contribution < 1.29 is 19.1 Å². The van der Waals surface area contributed by atoms with Gasteiger partial charge in [-0.25, -0.2) is 0 Å². The van der Waals surface area contributed by atoms with Crippen molar-refractivity contribution in [1.82, 2.24) is 24.5 Å². The van der Waals surface area contributed by atoms with Gasteiger partial charge >= 0.3 is 0 Å². The van der Waals surface area contributed by atoms with E-state index in [0.717, 1.165) is 63.7 Å². The van der Waals surface area contributed by atoms with Crippen LogP contribution in [0.2, 0.25) is 5.02 Å². The number of likely N-dealkylation sites (tertiary alicyclic amines) is 2. The number of carbonyl (C=O) groups is 3. The standard InChI is InChI=1S/C37H56ClN5O4/c1-25-8-14-28(15-9-25)43(36(46)33-7-6-20-47-33)29-21-32(35(45)40-18-16-39(5)17-19-40)42(22-29)34(44)31-24-41(37(2,3)4)23-30(31)26-10-12-27(38)13-11-26/h10-13,25,28-33H,6-9,14-24H2,1-5H3/t25?,28?,29-,30-,31+,32+,33?/m0/s1. The number of likely N-dealkylation sites (N-methyl/N-ethyl adjacent to an activating group) is 1. The summed E-state index contributed by atoms with van der Waals surface area (Å²) in [4.78, 5) is 54.3. The van der Waals surface area contributed by atoms with Crippen LogP contribution in [0.5, 0.6) is 0 Å². The maximum absolute atomic E-state index is 15.0. The van der Waals surface area contributed by atoms with E-state index >= 15 is 4.79 Å². The van der Waals surface area contributed by atoms with Crippen LogP contribution in [-0.2, 0) is 19.1 Å². The first kappa shape index (κ1) is 34.7. The highest BCUT2D eigenvalue weighted by Crippen LogP contribution is 2.40. The quantitative estimate of drug-likeness (QED) is 0.445. The van der Waals surface area contributed by atoms with Gasteiger partial charge in [0.25, 0.3) is 5.91 Å². The molecule has 5 fully saturated rings. The minimum atomic E-state index is -0.576. The molecule has 4 saturated heterocycles. The van der Waals surface area contributed by atoms with Gasteiger partial charge in [-0.2, -0.15) is 0 Å². The number of rotatable bonds is 6. The van der Waals surface area contributed by atoms with E-state index < -0.39 is 12.1 Å². The van der Waals surface area contributed by atoms with Gasteiger partial charge in [0, 0.05) is 74.9 Å². The zero-order valence-electron chi connectivity index (χ0n) is 29.2. The van der Waals surface area contributed by atoms with Crippen molar-refractivity contribution in [3.05, 3.63) is 34.9 Å². The first-order valence-electron chi connectivity index (χ1n) is 18.1. The lowest BCUT2D eigenvalue weighted by Gasteiger charge is -2.41. The lowest BCUT2D eigenvalue weighted by molar-refractivity contribution is -0.148. The predicted molar refractivity (Wildman–Crippen MR) is 184 cm³/mol. The molecule has 260 valence electrons. The van der Waals surface area contributed by atoms with Gasteiger partial charge in [0.05, 0.1) is 12.0 Å². The van der Waals surface area contributed by atoms with Crippen LogP contribution >= 0.6 is 11.6 Å². The summed E-state index contributed by atoms with van der Waals surface area (Å²) in [6.07, 6.45) is 5.80. The third-order valence-electron chi connectivity index (χ3n) is 11.8. The van der Waals surface area contributed by atoms with Crippen LogP contribution in [0.25, 0.3) is 0 Å². The van der Waals surface area contributed by atoms with E-state index in [1.807, 2.05) is 34.1 Å². The van der Waals surface area contributed by atoms with Crippen molar-refractivity contribution in [2.45, 2.75) is 108 Å². The number of hydrogen-bond donors (Lipinski definition) is 0. The summed E-state index contributed by atoms with van der Waals surface area (Å²) in [6.45, 7) is 14.3. The van der Waals surface area contributed by atoms with Crippen LogP contribution in [0, 0.1) is 11.8 Å². The molecular weight excluding hydrogens is 614 g/mol. The average molecular weight is 670 g/mol. The second-order valence-electron chi connectivity index (χ2n) is 16.0. The molecule has 6 rings (SSSR count). The Morgan fingerprint density at radius 2 is 1.55 bits per heavy atom. The van der Waals surface area contributed by atoms with Crippen LogP contribution < -0.4 is 0 Å².